The number of hydrogen-bond donors (Lipinski definition) is 0. The van der Waals surface area contributed by atoms with Gasteiger partial charge in [0.25, 0.3) is 0 Å². The van der Waals surface area contributed by atoms with Gasteiger partial charge in [-0.3, -0.25) is 4.90 Å². The Bertz CT molecular complexity index is 584. The Kier molecular flexibility index (Phi) is 3.60. The Balaban J connectivity index is 1.74. The third-order valence-electron chi connectivity index (χ3n) is 3.42. The van der Waals surface area contributed by atoms with E-state index in [1.165, 1.54) is 0 Å². The zero-order chi connectivity index (χ0) is 13.9. The van der Waals surface area contributed by atoms with E-state index in [-0.39, 0.29) is 0 Å². The summed E-state index contributed by atoms with van der Waals surface area (Å²) in [6, 6.07) is 0. The van der Waals surface area contributed by atoms with Crippen LogP contribution in [0, 0.1) is 0 Å². The van der Waals surface area contributed by atoms with Gasteiger partial charge in [-0.2, -0.15) is 4.98 Å². The van der Waals surface area contributed by atoms with Crippen LogP contribution < -0.4 is 4.74 Å². The minimum absolute atomic E-state index is 0.643. The largest absolute Gasteiger partial charge is 0.481 e. The van der Waals surface area contributed by atoms with Crippen LogP contribution in [0.25, 0.3) is 0 Å². The van der Waals surface area contributed by atoms with Crippen LogP contribution in [0.15, 0.2) is 10.9 Å². The minimum atomic E-state index is 0.643. The van der Waals surface area contributed by atoms with Gasteiger partial charge in [-0.1, -0.05) is 12.1 Å². The zero-order valence-corrected chi connectivity index (χ0v) is 11.7. The summed E-state index contributed by atoms with van der Waals surface area (Å²) in [5, 5.41) is 3.92. The first-order valence-electron chi connectivity index (χ1n) is 6.70. The van der Waals surface area contributed by atoms with Gasteiger partial charge in [-0.05, 0) is 0 Å². The van der Waals surface area contributed by atoms with Crippen LogP contribution in [0.5, 0.6) is 5.88 Å². The van der Waals surface area contributed by atoms with Crippen LogP contribution in [-0.2, 0) is 25.9 Å². The van der Waals surface area contributed by atoms with Crippen LogP contribution in [0.4, 0.5) is 0 Å². The molecular weight excluding hydrogens is 258 g/mol. The Morgan fingerprint density at radius 3 is 3.05 bits per heavy atom. The maximum Gasteiger partial charge on any atom is 0.240 e. The first-order valence-corrected chi connectivity index (χ1v) is 6.70. The summed E-state index contributed by atoms with van der Waals surface area (Å²) in [7, 11) is 1.63. The lowest BCUT2D eigenvalue weighted by atomic mass is 10.1. The molecule has 0 saturated heterocycles. The molecule has 0 unspecified atom stereocenters. The van der Waals surface area contributed by atoms with E-state index in [0.717, 1.165) is 43.0 Å². The maximum atomic E-state index is 5.30. The van der Waals surface area contributed by atoms with Crippen LogP contribution in [-0.4, -0.2) is 38.7 Å². The summed E-state index contributed by atoms with van der Waals surface area (Å²) in [6.07, 6.45) is 3.22. The van der Waals surface area contributed by atoms with Gasteiger partial charge in [0, 0.05) is 31.5 Å². The molecule has 2 aromatic rings. The fourth-order valence-corrected chi connectivity index (χ4v) is 2.37. The molecule has 3 rings (SSSR count). The van der Waals surface area contributed by atoms with Crippen molar-refractivity contribution < 1.29 is 9.26 Å². The maximum absolute atomic E-state index is 5.30. The molecule has 0 aliphatic carbocycles. The molecule has 0 N–H and O–H groups in total. The topological polar surface area (TPSA) is 77.2 Å². The second-order valence-corrected chi connectivity index (χ2v) is 4.73. The van der Waals surface area contributed by atoms with Crippen LogP contribution in [0.2, 0.25) is 0 Å². The van der Waals surface area contributed by atoms with Gasteiger partial charge in [0.05, 0.1) is 19.3 Å². The van der Waals surface area contributed by atoms with Gasteiger partial charge in [-0.25, -0.2) is 9.97 Å². The van der Waals surface area contributed by atoms with Gasteiger partial charge in [0.2, 0.25) is 11.8 Å². The van der Waals surface area contributed by atoms with E-state index in [1.807, 2.05) is 6.92 Å². The van der Waals surface area contributed by atoms with E-state index in [9.17, 15) is 0 Å². The van der Waals surface area contributed by atoms with Crippen molar-refractivity contribution in [1.29, 1.82) is 0 Å². The van der Waals surface area contributed by atoms with E-state index in [2.05, 4.69) is 25.0 Å². The van der Waals surface area contributed by atoms with Crippen molar-refractivity contribution in [3.8, 4) is 5.88 Å². The molecule has 106 valence electrons. The van der Waals surface area contributed by atoms with E-state index in [1.54, 1.807) is 13.4 Å². The number of ether oxygens (including phenoxy) is 1. The molecule has 3 heterocycles. The number of nitrogens with zero attached hydrogens (tertiary/aromatic N) is 5. The minimum Gasteiger partial charge on any atom is -0.481 e. The molecule has 0 amide bonds. The smallest absolute Gasteiger partial charge is 0.240 e. The molecular formula is C13H17N5O2. The first kappa shape index (κ1) is 13.0. The lowest BCUT2D eigenvalue weighted by molar-refractivity contribution is 0.204. The molecule has 7 nitrogen and oxygen atoms in total. The van der Waals surface area contributed by atoms with Crippen molar-refractivity contribution >= 4 is 0 Å². The van der Waals surface area contributed by atoms with Gasteiger partial charge in [-0.15, -0.1) is 0 Å². The van der Waals surface area contributed by atoms with Gasteiger partial charge in [0.15, 0.2) is 5.82 Å². The van der Waals surface area contributed by atoms with E-state index < -0.39 is 0 Å². The highest BCUT2D eigenvalue weighted by molar-refractivity contribution is 5.31. The molecule has 0 atom stereocenters. The monoisotopic (exact) mass is 275 g/mol. The number of aromatic nitrogens is 4. The molecule has 0 saturated carbocycles. The Hall–Kier alpha value is -2.02. The first-order chi connectivity index (χ1) is 9.80. The second kappa shape index (κ2) is 5.54. The number of fused-ring (bicyclic) bond motifs is 1. The summed E-state index contributed by atoms with van der Waals surface area (Å²) >= 11 is 0. The molecule has 1 aliphatic heterocycles. The molecule has 0 bridgehead atoms. The summed E-state index contributed by atoms with van der Waals surface area (Å²) in [5.41, 5.74) is 2.12. The molecule has 0 spiro atoms. The average molecular weight is 275 g/mol. The van der Waals surface area contributed by atoms with Crippen molar-refractivity contribution in [3.63, 3.8) is 0 Å². The second-order valence-electron chi connectivity index (χ2n) is 4.73. The van der Waals surface area contributed by atoms with E-state index >= 15 is 0 Å². The standard InChI is InChI=1S/C13H17N5O2/c1-3-11-16-12(20-17-11)7-18-5-4-10-9(6-18)13(19-2)15-8-14-10/h8H,3-7H2,1-2H3. The quantitative estimate of drug-likeness (QED) is 0.823. The highest BCUT2D eigenvalue weighted by Crippen LogP contribution is 2.24. The third kappa shape index (κ3) is 2.49. The van der Waals surface area contributed by atoms with Crippen molar-refractivity contribution in [3.05, 3.63) is 29.3 Å². The molecule has 1 aliphatic rings. The predicted molar refractivity (Wildman–Crippen MR) is 70.1 cm³/mol. The molecule has 7 heteroatoms. The third-order valence-corrected chi connectivity index (χ3v) is 3.42. The predicted octanol–water partition coefficient (Wildman–Crippen LogP) is 0.989. The van der Waals surface area contributed by atoms with Gasteiger partial charge >= 0.3 is 0 Å². The SMILES string of the molecule is CCc1noc(CN2CCc3ncnc(OC)c3C2)n1. The Morgan fingerprint density at radius 1 is 1.40 bits per heavy atom. The number of hydrogen-bond acceptors (Lipinski definition) is 7. The highest BCUT2D eigenvalue weighted by atomic mass is 16.5. The fourth-order valence-electron chi connectivity index (χ4n) is 2.37. The molecule has 0 radical (unpaired) electrons. The summed E-state index contributed by atoms with van der Waals surface area (Å²) in [4.78, 5) is 15.1. The Labute approximate surface area is 117 Å². The van der Waals surface area contributed by atoms with E-state index in [0.29, 0.717) is 18.3 Å². The van der Waals surface area contributed by atoms with Crippen LogP contribution in [0.1, 0.15) is 29.9 Å². The van der Waals surface area contributed by atoms with Gasteiger partial charge in [0.1, 0.15) is 6.33 Å². The molecule has 0 fully saturated rings. The number of methoxy groups -OCH3 is 1. The summed E-state index contributed by atoms with van der Waals surface area (Å²) in [6.45, 7) is 4.30. The molecule has 0 aromatic carbocycles. The Morgan fingerprint density at radius 2 is 2.30 bits per heavy atom. The lowest BCUT2D eigenvalue weighted by Crippen LogP contribution is -2.31. The van der Waals surface area contributed by atoms with Crippen LogP contribution >= 0.6 is 0 Å². The normalized spacial score (nSPS) is 15.1. The van der Waals surface area contributed by atoms with E-state index in [4.69, 9.17) is 9.26 Å². The van der Waals surface area contributed by atoms with Crippen molar-refractivity contribution in [2.45, 2.75) is 32.9 Å². The van der Waals surface area contributed by atoms with Crippen molar-refractivity contribution in [1.82, 2.24) is 25.0 Å². The highest BCUT2D eigenvalue weighted by Gasteiger charge is 2.23. The lowest BCUT2D eigenvalue weighted by Gasteiger charge is -2.27. The zero-order valence-electron chi connectivity index (χ0n) is 11.7. The van der Waals surface area contributed by atoms with Crippen molar-refractivity contribution in [2.75, 3.05) is 13.7 Å². The van der Waals surface area contributed by atoms with Crippen molar-refractivity contribution in [2.24, 2.45) is 0 Å². The number of aryl methyl sites for hydroxylation is 1. The average Bonchev–Trinajstić information content (AvgIpc) is 2.94. The molecule has 2 aromatic heterocycles. The van der Waals surface area contributed by atoms with Gasteiger partial charge < -0.3 is 9.26 Å². The summed E-state index contributed by atoms with van der Waals surface area (Å²) < 4.78 is 10.5. The summed E-state index contributed by atoms with van der Waals surface area (Å²) in [5.74, 6) is 2.05. The number of rotatable bonds is 4. The van der Waals surface area contributed by atoms with Crippen LogP contribution in [0.3, 0.4) is 0 Å². The molecule has 20 heavy (non-hydrogen) atoms. The fraction of sp³-hybridized carbons (Fsp3) is 0.538.